The average molecular weight is 435 g/mol. The molecule has 2 rings (SSSR count). The van der Waals surface area contributed by atoms with Crippen molar-refractivity contribution in [1.29, 1.82) is 0 Å². The second kappa shape index (κ2) is 12.2. The molecule has 10 heteroatoms. The molecule has 0 saturated heterocycles. The average Bonchev–Trinajstić information content (AvgIpc) is 3.09. The van der Waals surface area contributed by atoms with Crippen LogP contribution in [0.15, 0.2) is 29.4 Å². The Kier molecular flexibility index (Phi) is 9.59. The summed E-state index contributed by atoms with van der Waals surface area (Å²) >= 11 is 1.60. The summed E-state index contributed by atoms with van der Waals surface area (Å²) in [6, 6.07) is 6.25. The van der Waals surface area contributed by atoms with Gasteiger partial charge in [-0.15, -0.1) is 10.2 Å². The zero-order chi connectivity index (χ0) is 21.9. The number of amides is 1. The lowest BCUT2D eigenvalue weighted by molar-refractivity contribution is -0.384. The quantitative estimate of drug-likeness (QED) is 0.214. The molecule has 1 amide bonds. The molecule has 2 aromatic rings. The lowest BCUT2D eigenvalue weighted by Gasteiger charge is -2.12. The molecule has 164 valence electrons. The highest BCUT2D eigenvalue weighted by atomic mass is 32.2. The molecule has 1 aromatic carbocycles. The number of nitro benzene ring substituents is 1. The molecule has 0 aliphatic carbocycles. The molecule has 0 spiro atoms. The van der Waals surface area contributed by atoms with Gasteiger partial charge in [0.05, 0.1) is 4.92 Å². The fourth-order valence-corrected chi connectivity index (χ4v) is 3.47. The Morgan fingerprint density at radius 1 is 1.20 bits per heavy atom. The van der Waals surface area contributed by atoms with Gasteiger partial charge in [0, 0.05) is 50.3 Å². The van der Waals surface area contributed by atoms with Crippen LogP contribution in [0, 0.1) is 16.0 Å². The van der Waals surface area contributed by atoms with Crippen molar-refractivity contribution in [2.75, 3.05) is 24.7 Å². The number of benzene rings is 1. The van der Waals surface area contributed by atoms with Gasteiger partial charge in [0.2, 0.25) is 5.91 Å². The first kappa shape index (κ1) is 23.7. The van der Waals surface area contributed by atoms with Crippen LogP contribution in [0.5, 0.6) is 0 Å². The van der Waals surface area contributed by atoms with Crippen molar-refractivity contribution in [2.24, 2.45) is 5.92 Å². The van der Waals surface area contributed by atoms with E-state index in [9.17, 15) is 14.9 Å². The molecule has 9 nitrogen and oxygen atoms in total. The van der Waals surface area contributed by atoms with Crippen molar-refractivity contribution in [3.63, 3.8) is 0 Å². The molecule has 0 unspecified atom stereocenters. The Labute approximate surface area is 181 Å². The summed E-state index contributed by atoms with van der Waals surface area (Å²) in [6.07, 6.45) is 4.71. The van der Waals surface area contributed by atoms with Crippen molar-refractivity contribution in [3.05, 3.63) is 40.2 Å². The van der Waals surface area contributed by atoms with E-state index < -0.39 is 4.92 Å². The molecule has 0 aliphatic heterocycles. The van der Waals surface area contributed by atoms with Crippen LogP contribution in [0.3, 0.4) is 0 Å². The van der Waals surface area contributed by atoms with E-state index in [2.05, 4.69) is 39.2 Å². The van der Waals surface area contributed by atoms with Crippen molar-refractivity contribution >= 4 is 29.0 Å². The first-order valence-electron chi connectivity index (χ1n) is 10.1. The molecule has 30 heavy (non-hydrogen) atoms. The van der Waals surface area contributed by atoms with E-state index in [4.69, 9.17) is 0 Å². The Balaban J connectivity index is 1.62. The predicted molar refractivity (Wildman–Crippen MR) is 119 cm³/mol. The summed E-state index contributed by atoms with van der Waals surface area (Å²) in [5.41, 5.74) is 0.864. The van der Waals surface area contributed by atoms with Gasteiger partial charge in [-0.2, -0.15) is 0 Å². The lowest BCUT2D eigenvalue weighted by atomic mass is 10.2. The number of nitro groups is 1. The molecule has 0 atom stereocenters. The third kappa shape index (κ3) is 7.66. The Morgan fingerprint density at radius 3 is 2.57 bits per heavy atom. The van der Waals surface area contributed by atoms with Crippen LogP contribution in [-0.2, 0) is 17.8 Å². The maximum atomic E-state index is 12.0. The highest BCUT2D eigenvalue weighted by Gasteiger charge is 2.12. The zero-order valence-electron chi connectivity index (χ0n) is 17.8. The molecule has 0 saturated carbocycles. The van der Waals surface area contributed by atoms with Gasteiger partial charge >= 0.3 is 0 Å². The maximum Gasteiger partial charge on any atom is 0.269 e. The van der Waals surface area contributed by atoms with Crippen LogP contribution in [0.4, 0.5) is 11.4 Å². The lowest BCUT2D eigenvalue weighted by Crippen LogP contribution is -2.25. The van der Waals surface area contributed by atoms with Gasteiger partial charge in [0.1, 0.15) is 5.82 Å². The van der Waals surface area contributed by atoms with Crippen LogP contribution < -0.4 is 10.6 Å². The van der Waals surface area contributed by atoms with Crippen molar-refractivity contribution in [3.8, 4) is 0 Å². The summed E-state index contributed by atoms with van der Waals surface area (Å²) in [7, 11) is 0. The molecule has 2 N–H and O–H groups in total. The Morgan fingerprint density at radius 2 is 1.93 bits per heavy atom. The summed E-state index contributed by atoms with van der Waals surface area (Å²) in [4.78, 5) is 22.2. The van der Waals surface area contributed by atoms with Gasteiger partial charge in [0.25, 0.3) is 5.69 Å². The third-order valence-corrected chi connectivity index (χ3v) is 5.08. The fraction of sp³-hybridized carbons (Fsp3) is 0.550. The van der Waals surface area contributed by atoms with E-state index in [-0.39, 0.29) is 11.6 Å². The van der Waals surface area contributed by atoms with Crippen LogP contribution in [0.1, 0.15) is 38.9 Å². The third-order valence-electron chi connectivity index (χ3n) is 4.41. The van der Waals surface area contributed by atoms with E-state index in [0.717, 1.165) is 36.1 Å². The summed E-state index contributed by atoms with van der Waals surface area (Å²) < 4.78 is 2.17. The minimum atomic E-state index is -0.427. The Hall–Kier alpha value is -2.62. The molecule has 1 heterocycles. The standard InChI is InChI=1S/C20H30N6O3S/c1-15(2)14-25-18(23-24-20(25)30-3)6-4-13-22-19(27)7-5-12-21-16-8-10-17(11-9-16)26(28)29/h8-11,15,21H,4-7,12-14H2,1-3H3,(H,22,27). The van der Waals surface area contributed by atoms with Gasteiger partial charge < -0.3 is 15.2 Å². The topological polar surface area (TPSA) is 115 Å². The first-order chi connectivity index (χ1) is 14.4. The smallest absolute Gasteiger partial charge is 0.269 e. The molecule has 0 aliphatic rings. The van der Waals surface area contributed by atoms with Gasteiger partial charge in [0.15, 0.2) is 5.16 Å². The van der Waals surface area contributed by atoms with E-state index >= 15 is 0 Å². The first-order valence-corrected chi connectivity index (χ1v) is 11.3. The van der Waals surface area contributed by atoms with Crippen molar-refractivity contribution in [2.45, 2.75) is 51.2 Å². The largest absolute Gasteiger partial charge is 0.385 e. The number of carbonyl (C=O) groups is 1. The monoisotopic (exact) mass is 434 g/mol. The number of rotatable bonds is 13. The summed E-state index contributed by atoms with van der Waals surface area (Å²) in [6.45, 7) is 6.47. The molecule has 0 fully saturated rings. The number of thioether (sulfide) groups is 1. The molecular formula is C20H30N6O3S. The number of hydrogen-bond acceptors (Lipinski definition) is 7. The number of hydrogen-bond donors (Lipinski definition) is 2. The highest BCUT2D eigenvalue weighted by molar-refractivity contribution is 7.98. The number of carbonyl (C=O) groups excluding carboxylic acids is 1. The molecule has 1 aromatic heterocycles. The second-order valence-electron chi connectivity index (χ2n) is 7.40. The molecule has 0 radical (unpaired) electrons. The van der Waals surface area contributed by atoms with Gasteiger partial charge in [-0.1, -0.05) is 25.6 Å². The van der Waals surface area contributed by atoms with E-state index in [1.807, 2.05) is 6.26 Å². The highest BCUT2D eigenvalue weighted by Crippen LogP contribution is 2.17. The van der Waals surface area contributed by atoms with E-state index in [1.165, 1.54) is 12.1 Å². The van der Waals surface area contributed by atoms with E-state index in [1.54, 1.807) is 23.9 Å². The number of aromatic nitrogens is 3. The molecule has 0 bridgehead atoms. The normalized spacial score (nSPS) is 10.9. The van der Waals surface area contributed by atoms with Crippen LogP contribution in [-0.4, -0.2) is 44.9 Å². The minimum absolute atomic E-state index is 0.0222. The van der Waals surface area contributed by atoms with E-state index in [0.29, 0.717) is 31.8 Å². The van der Waals surface area contributed by atoms with Crippen LogP contribution >= 0.6 is 11.8 Å². The van der Waals surface area contributed by atoms with Gasteiger partial charge in [-0.05, 0) is 37.1 Å². The fourth-order valence-electron chi connectivity index (χ4n) is 2.95. The predicted octanol–water partition coefficient (Wildman–Crippen LogP) is 3.51. The number of non-ortho nitro benzene ring substituents is 1. The summed E-state index contributed by atoms with van der Waals surface area (Å²) in [5, 5.41) is 26.2. The van der Waals surface area contributed by atoms with Crippen molar-refractivity contribution < 1.29 is 9.72 Å². The second-order valence-corrected chi connectivity index (χ2v) is 8.17. The van der Waals surface area contributed by atoms with Crippen molar-refractivity contribution in [1.82, 2.24) is 20.1 Å². The SMILES string of the molecule is CSc1nnc(CCCNC(=O)CCCNc2ccc([N+](=O)[O-])cc2)n1CC(C)C. The Bertz CT molecular complexity index is 822. The maximum absolute atomic E-state index is 12.0. The number of anilines is 1. The number of aryl methyl sites for hydroxylation is 1. The molecular weight excluding hydrogens is 404 g/mol. The van der Waals surface area contributed by atoms with Crippen LogP contribution in [0.25, 0.3) is 0 Å². The zero-order valence-corrected chi connectivity index (χ0v) is 18.6. The van der Waals surface area contributed by atoms with Crippen LogP contribution in [0.2, 0.25) is 0 Å². The van der Waals surface area contributed by atoms with Gasteiger partial charge in [-0.3, -0.25) is 14.9 Å². The number of nitrogens with zero attached hydrogens (tertiary/aromatic N) is 4. The minimum Gasteiger partial charge on any atom is -0.385 e. The summed E-state index contributed by atoms with van der Waals surface area (Å²) in [5.74, 6) is 1.51. The number of nitrogens with one attached hydrogen (secondary N) is 2. The van der Waals surface area contributed by atoms with Gasteiger partial charge in [-0.25, -0.2) is 0 Å².